The van der Waals surface area contributed by atoms with E-state index in [0.717, 1.165) is 47.5 Å². The van der Waals surface area contributed by atoms with Crippen molar-refractivity contribution in [2.75, 3.05) is 11.1 Å². The monoisotopic (exact) mass is 504 g/mol. The van der Waals surface area contributed by atoms with Crippen molar-refractivity contribution in [2.24, 2.45) is 0 Å². The van der Waals surface area contributed by atoms with Crippen molar-refractivity contribution in [3.8, 4) is 11.8 Å². The Balaban J connectivity index is 1.29. The van der Waals surface area contributed by atoms with Crippen molar-refractivity contribution in [3.63, 3.8) is 0 Å². The number of benzene rings is 1. The molecular weight excluding hydrogens is 488 g/mol. The molecule has 10 heteroatoms. The van der Waals surface area contributed by atoms with Crippen molar-refractivity contribution in [3.05, 3.63) is 50.6 Å². The second-order valence-corrected chi connectivity index (χ2v) is 9.52. The highest BCUT2D eigenvalue weighted by molar-refractivity contribution is 9.10. The zero-order valence-electron chi connectivity index (χ0n) is 15.8. The quantitative estimate of drug-likeness (QED) is 0.453. The van der Waals surface area contributed by atoms with Crippen LogP contribution in [0.2, 0.25) is 0 Å². The van der Waals surface area contributed by atoms with Gasteiger partial charge in [-0.25, -0.2) is 0 Å². The summed E-state index contributed by atoms with van der Waals surface area (Å²) >= 11 is 6.03. The standard InChI is InChI=1S/C20H17BrN4O3S2/c21-12-5-7-13(8-6-12)27-10-18-24-25-20(28-18)29-11-17(26)23-19-15(9-22)14-3-1-2-4-16(14)30-19/h5-8H,1-4,10-11H2,(H,23,26). The lowest BCUT2D eigenvalue weighted by atomic mass is 9.96. The molecule has 0 saturated heterocycles. The number of carbonyl (C=O) groups excluding carboxylic acids is 1. The summed E-state index contributed by atoms with van der Waals surface area (Å²) in [4.78, 5) is 13.6. The summed E-state index contributed by atoms with van der Waals surface area (Å²) in [6, 6.07) is 9.67. The minimum atomic E-state index is -0.207. The lowest BCUT2D eigenvalue weighted by molar-refractivity contribution is -0.113. The Labute approximate surface area is 190 Å². The maximum Gasteiger partial charge on any atom is 0.277 e. The predicted octanol–water partition coefficient (Wildman–Crippen LogP) is 4.95. The number of anilines is 1. The molecule has 1 N–H and O–H groups in total. The highest BCUT2D eigenvalue weighted by atomic mass is 79.9. The Morgan fingerprint density at radius 3 is 2.90 bits per heavy atom. The van der Waals surface area contributed by atoms with Crippen LogP contribution in [0.15, 0.2) is 38.4 Å². The first kappa shape index (κ1) is 20.9. The molecule has 1 amide bonds. The Hall–Kier alpha value is -2.35. The largest absolute Gasteiger partial charge is 0.484 e. The molecule has 0 fully saturated rings. The van der Waals surface area contributed by atoms with E-state index in [1.807, 2.05) is 24.3 Å². The zero-order valence-corrected chi connectivity index (χ0v) is 19.0. The van der Waals surface area contributed by atoms with E-state index < -0.39 is 0 Å². The number of amides is 1. The maximum atomic E-state index is 12.4. The van der Waals surface area contributed by atoms with Crippen LogP contribution in [-0.2, 0) is 24.2 Å². The molecule has 1 aromatic carbocycles. The van der Waals surface area contributed by atoms with E-state index in [9.17, 15) is 10.1 Å². The summed E-state index contributed by atoms with van der Waals surface area (Å²) in [5.74, 6) is 0.930. The van der Waals surface area contributed by atoms with Gasteiger partial charge in [-0.1, -0.05) is 27.7 Å². The van der Waals surface area contributed by atoms with Crippen LogP contribution in [0.5, 0.6) is 5.75 Å². The molecule has 0 saturated carbocycles. The minimum absolute atomic E-state index is 0.114. The van der Waals surface area contributed by atoms with Gasteiger partial charge in [0.15, 0.2) is 6.61 Å². The summed E-state index contributed by atoms with van der Waals surface area (Å²) in [6.45, 7) is 0.146. The second-order valence-electron chi connectivity index (χ2n) is 6.57. The van der Waals surface area contributed by atoms with Crippen LogP contribution in [-0.4, -0.2) is 21.9 Å². The molecule has 0 bridgehead atoms. The summed E-state index contributed by atoms with van der Waals surface area (Å²) < 4.78 is 12.1. The van der Waals surface area contributed by atoms with Gasteiger partial charge in [-0.05, 0) is 55.5 Å². The number of thioether (sulfide) groups is 1. The number of ether oxygens (including phenoxy) is 1. The predicted molar refractivity (Wildman–Crippen MR) is 118 cm³/mol. The number of fused-ring (bicyclic) bond motifs is 1. The van der Waals surface area contributed by atoms with Gasteiger partial charge < -0.3 is 14.5 Å². The van der Waals surface area contributed by atoms with Gasteiger partial charge in [-0.2, -0.15) is 5.26 Å². The van der Waals surface area contributed by atoms with Crippen molar-refractivity contribution in [2.45, 2.75) is 37.5 Å². The SMILES string of the molecule is N#Cc1c(NC(=O)CSc2nnc(COc3ccc(Br)cc3)o2)sc2c1CCCC2. The number of aromatic nitrogens is 2. The lowest BCUT2D eigenvalue weighted by Crippen LogP contribution is -2.14. The smallest absolute Gasteiger partial charge is 0.277 e. The number of nitriles is 1. The minimum Gasteiger partial charge on any atom is -0.484 e. The van der Waals surface area contributed by atoms with Crippen molar-refractivity contribution >= 4 is 49.9 Å². The third-order valence-electron chi connectivity index (χ3n) is 4.49. The fourth-order valence-electron chi connectivity index (χ4n) is 3.09. The van der Waals surface area contributed by atoms with Gasteiger partial charge in [0.25, 0.3) is 11.1 Å². The average molecular weight is 505 g/mol. The number of rotatable bonds is 7. The number of carbonyl (C=O) groups is 1. The van der Waals surface area contributed by atoms with Gasteiger partial charge in [-0.15, -0.1) is 21.5 Å². The molecule has 7 nitrogen and oxygen atoms in total. The Morgan fingerprint density at radius 2 is 2.10 bits per heavy atom. The van der Waals surface area contributed by atoms with E-state index in [1.165, 1.54) is 16.2 Å². The van der Waals surface area contributed by atoms with Crippen LogP contribution >= 0.6 is 39.0 Å². The molecule has 154 valence electrons. The van der Waals surface area contributed by atoms with E-state index in [1.54, 1.807) is 0 Å². The molecule has 0 unspecified atom stereocenters. The van der Waals surface area contributed by atoms with Crippen LogP contribution in [0.4, 0.5) is 5.00 Å². The third-order valence-corrected chi connectivity index (χ3v) is 7.04. The van der Waals surface area contributed by atoms with Crippen LogP contribution in [0.25, 0.3) is 0 Å². The summed E-state index contributed by atoms with van der Waals surface area (Å²) in [5, 5.41) is 21.2. The summed E-state index contributed by atoms with van der Waals surface area (Å²) in [5.41, 5.74) is 1.71. The van der Waals surface area contributed by atoms with Crippen LogP contribution in [0.3, 0.4) is 0 Å². The molecule has 0 spiro atoms. The number of thiophene rings is 1. The number of nitrogens with zero attached hydrogens (tertiary/aromatic N) is 3. The molecule has 1 aliphatic rings. The normalized spacial score (nSPS) is 12.8. The Kier molecular flexibility index (Phi) is 6.72. The first-order chi connectivity index (χ1) is 14.6. The van der Waals surface area contributed by atoms with E-state index >= 15 is 0 Å². The Bertz CT molecular complexity index is 1090. The molecule has 2 aromatic heterocycles. The number of halogens is 1. The number of hydrogen-bond acceptors (Lipinski definition) is 8. The zero-order chi connectivity index (χ0) is 20.9. The molecule has 0 aliphatic heterocycles. The molecule has 0 radical (unpaired) electrons. The molecule has 1 aliphatic carbocycles. The fraction of sp³-hybridized carbons (Fsp3) is 0.300. The highest BCUT2D eigenvalue weighted by Crippen LogP contribution is 2.37. The topological polar surface area (TPSA) is 101 Å². The third kappa shape index (κ3) is 5.03. The number of aryl methyl sites for hydroxylation is 1. The van der Waals surface area contributed by atoms with Crippen LogP contribution < -0.4 is 10.1 Å². The van der Waals surface area contributed by atoms with Crippen molar-refractivity contribution in [1.82, 2.24) is 10.2 Å². The second kappa shape index (κ2) is 9.64. The van der Waals surface area contributed by atoms with Gasteiger partial charge in [-0.3, -0.25) is 4.79 Å². The molecule has 3 aromatic rings. The van der Waals surface area contributed by atoms with Gasteiger partial charge >= 0.3 is 0 Å². The molecule has 2 heterocycles. The highest BCUT2D eigenvalue weighted by Gasteiger charge is 2.22. The number of hydrogen-bond donors (Lipinski definition) is 1. The van der Waals surface area contributed by atoms with E-state index in [4.69, 9.17) is 9.15 Å². The van der Waals surface area contributed by atoms with E-state index in [0.29, 0.717) is 27.4 Å². The molecule has 4 rings (SSSR count). The van der Waals surface area contributed by atoms with Gasteiger partial charge in [0, 0.05) is 9.35 Å². The Morgan fingerprint density at radius 1 is 1.30 bits per heavy atom. The molecule has 0 atom stereocenters. The van der Waals surface area contributed by atoms with Gasteiger partial charge in [0.1, 0.15) is 16.8 Å². The average Bonchev–Trinajstić information content (AvgIpc) is 3.35. The van der Waals surface area contributed by atoms with E-state index in [2.05, 4.69) is 37.5 Å². The molecule has 30 heavy (non-hydrogen) atoms. The fourth-order valence-corrected chi connectivity index (χ4v) is 5.19. The summed E-state index contributed by atoms with van der Waals surface area (Å²) in [6.07, 6.45) is 4.11. The van der Waals surface area contributed by atoms with Crippen molar-refractivity contribution in [1.29, 1.82) is 5.26 Å². The lowest BCUT2D eigenvalue weighted by Gasteiger charge is -2.09. The first-order valence-corrected chi connectivity index (χ1v) is 11.9. The van der Waals surface area contributed by atoms with Crippen LogP contribution in [0, 0.1) is 11.3 Å². The van der Waals surface area contributed by atoms with Crippen molar-refractivity contribution < 1.29 is 13.9 Å². The van der Waals surface area contributed by atoms with E-state index in [-0.39, 0.29) is 18.3 Å². The van der Waals surface area contributed by atoms with Gasteiger partial charge in [0.05, 0.1) is 11.3 Å². The van der Waals surface area contributed by atoms with Gasteiger partial charge in [0.2, 0.25) is 5.91 Å². The first-order valence-electron chi connectivity index (χ1n) is 9.30. The van der Waals surface area contributed by atoms with Crippen LogP contribution in [0.1, 0.15) is 34.7 Å². The number of nitrogens with one attached hydrogen (secondary N) is 1. The summed E-state index contributed by atoms with van der Waals surface area (Å²) in [7, 11) is 0. The maximum absolute atomic E-state index is 12.4. The molecular formula is C20H17BrN4O3S2.